The van der Waals surface area contributed by atoms with Crippen molar-refractivity contribution in [2.45, 2.75) is 46.1 Å². The van der Waals surface area contributed by atoms with E-state index in [0.29, 0.717) is 43.0 Å². The minimum Gasteiger partial charge on any atom is -0.481 e. The van der Waals surface area contributed by atoms with Gasteiger partial charge in [0.1, 0.15) is 17.6 Å². The summed E-state index contributed by atoms with van der Waals surface area (Å²) >= 11 is 1.78. The van der Waals surface area contributed by atoms with Gasteiger partial charge in [-0.1, -0.05) is 38.1 Å². The summed E-state index contributed by atoms with van der Waals surface area (Å²) in [6, 6.07) is 15.2. The largest absolute Gasteiger partial charge is 0.481 e. The average Bonchev–Trinajstić information content (AvgIpc) is 3.64. The molecule has 3 aromatic carbocycles. The van der Waals surface area contributed by atoms with Gasteiger partial charge in [0.2, 0.25) is 0 Å². The number of fused-ring (bicyclic) bond motifs is 8. The fourth-order valence-corrected chi connectivity index (χ4v) is 7.03. The lowest BCUT2D eigenvalue weighted by atomic mass is 9.98. The molecule has 6 rings (SSSR count). The van der Waals surface area contributed by atoms with Crippen molar-refractivity contribution in [1.82, 2.24) is 14.8 Å². The Kier molecular flexibility index (Phi) is 9.20. The monoisotopic (exact) mass is 645 g/mol. The van der Waals surface area contributed by atoms with Gasteiger partial charge in [-0.25, -0.2) is 8.78 Å². The molecular weight excluding hydrogens is 608 g/mol. The van der Waals surface area contributed by atoms with Crippen molar-refractivity contribution >= 4 is 28.6 Å². The van der Waals surface area contributed by atoms with Crippen LogP contribution >= 0.6 is 11.8 Å². The van der Waals surface area contributed by atoms with Gasteiger partial charge in [-0.3, -0.25) is 9.48 Å². The second kappa shape index (κ2) is 13.3. The minimum atomic E-state index is -0.852. The summed E-state index contributed by atoms with van der Waals surface area (Å²) < 4.78 is 45.4. The van der Waals surface area contributed by atoms with Crippen LogP contribution in [0.3, 0.4) is 0 Å². The molecular formula is C36H37F2N3O4S. The third-order valence-electron chi connectivity index (χ3n) is 8.23. The topological polar surface area (TPSA) is 89.4 Å². The number of carbonyl (C=O) groups is 1. The van der Waals surface area contributed by atoms with Crippen molar-refractivity contribution in [2.75, 3.05) is 24.7 Å². The Morgan fingerprint density at radius 2 is 2.00 bits per heavy atom. The van der Waals surface area contributed by atoms with Gasteiger partial charge in [0.15, 0.2) is 11.6 Å². The maximum absolute atomic E-state index is 15.6. The zero-order chi connectivity index (χ0) is 32.4. The maximum atomic E-state index is 15.6. The number of benzene rings is 3. The molecule has 0 spiro atoms. The Morgan fingerprint density at radius 1 is 1.15 bits per heavy atom. The van der Waals surface area contributed by atoms with E-state index in [2.05, 4.69) is 18.8 Å². The van der Waals surface area contributed by atoms with E-state index >= 15 is 8.78 Å². The number of aliphatic carboxylic acids is 1. The summed E-state index contributed by atoms with van der Waals surface area (Å²) in [6.07, 6.45) is 4.68. The molecule has 0 amide bonds. The fraction of sp³-hybridized carbons (Fsp3) is 0.333. The van der Waals surface area contributed by atoms with Crippen LogP contribution in [0.2, 0.25) is 0 Å². The summed E-state index contributed by atoms with van der Waals surface area (Å²) in [5, 5.41) is 15.0. The number of halogens is 2. The number of H-pyrrole nitrogens is 1. The zero-order valence-corrected chi connectivity index (χ0v) is 26.9. The van der Waals surface area contributed by atoms with Crippen molar-refractivity contribution in [3.05, 3.63) is 101 Å². The molecule has 2 aromatic heterocycles. The molecule has 2 N–H and O–H groups in total. The van der Waals surface area contributed by atoms with E-state index < -0.39 is 17.6 Å². The van der Waals surface area contributed by atoms with Crippen LogP contribution in [0.15, 0.2) is 67.0 Å². The number of aromatic amines is 1. The van der Waals surface area contributed by atoms with Crippen LogP contribution in [0.1, 0.15) is 48.6 Å². The van der Waals surface area contributed by atoms with E-state index in [1.807, 2.05) is 43.5 Å². The SMILES string of the molecule is Cc1cn2nc1-c1cc(ccc1F)Oc1c(F)cc3[nH]ccc3c1CCSCC(C)(C)COCC2c1cccc(CCC(=O)O)c1. The lowest BCUT2D eigenvalue weighted by Gasteiger charge is -2.26. The smallest absolute Gasteiger partial charge is 0.303 e. The second-order valence-corrected chi connectivity index (χ2v) is 13.7. The molecule has 0 aliphatic carbocycles. The predicted molar refractivity (Wildman–Crippen MR) is 177 cm³/mol. The number of ether oxygens (including phenoxy) is 2. The van der Waals surface area contributed by atoms with E-state index in [1.165, 1.54) is 18.2 Å². The number of nitrogens with one attached hydrogen (secondary N) is 1. The summed E-state index contributed by atoms with van der Waals surface area (Å²) in [5.41, 5.74) is 4.56. The molecule has 7 nitrogen and oxygen atoms in total. The van der Waals surface area contributed by atoms with Crippen LogP contribution in [-0.4, -0.2) is 50.6 Å². The van der Waals surface area contributed by atoms with Crippen molar-refractivity contribution in [2.24, 2.45) is 5.41 Å². The Hall–Kier alpha value is -4.15. The highest BCUT2D eigenvalue weighted by Gasteiger charge is 2.25. The molecule has 4 bridgehead atoms. The summed E-state index contributed by atoms with van der Waals surface area (Å²) in [7, 11) is 0. The number of rotatable bonds is 4. The lowest BCUT2D eigenvalue weighted by molar-refractivity contribution is -0.136. The molecule has 1 aliphatic heterocycles. The minimum absolute atomic E-state index is 0.0314. The number of thioether (sulfide) groups is 1. The third kappa shape index (κ3) is 6.98. The molecule has 3 heterocycles. The van der Waals surface area contributed by atoms with Crippen LogP contribution in [0.4, 0.5) is 8.78 Å². The molecule has 1 atom stereocenters. The van der Waals surface area contributed by atoms with Crippen LogP contribution in [0, 0.1) is 24.0 Å². The Balaban J connectivity index is 1.43. The maximum Gasteiger partial charge on any atom is 0.303 e. The number of hydrogen-bond donors (Lipinski definition) is 2. The number of aryl methyl sites for hydroxylation is 3. The van der Waals surface area contributed by atoms with Crippen molar-refractivity contribution in [1.29, 1.82) is 0 Å². The molecule has 240 valence electrons. The first-order valence-corrected chi connectivity index (χ1v) is 16.5. The van der Waals surface area contributed by atoms with Gasteiger partial charge in [0.25, 0.3) is 0 Å². The molecule has 0 fully saturated rings. The van der Waals surface area contributed by atoms with E-state index in [4.69, 9.17) is 14.6 Å². The Bertz CT molecular complexity index is 1880. The summed E-state index contributed by atoms with van der Waals surface area (Å²) in [5.74, 6) is 0.208. The Morgan fingerprint density at radius 3 is 2.83 bits per heavy atom. The van der Waals surface area contributed by atoms with Gasteiger partial charge in [0, 0.05) is 52.7 Å². The van der Waals surface area contributed by atoms with Crippen LogP contribution in [0.25, 0.3) is 22.2 Å². The number of hydrogen-bond acceptors (Lipinski definition) is 5. The Labute approximate surface area is 270 Å². The molecule has 5 aromatic rings. The summed E-state index contributed by atoms with van der Waals surface area (Å²) in [6.45, 7) is 7.00. The second-order valence-electron chi connectivity index (χ2n) is 12.6. The molecule has 0 saturated carbocycles. The van der Waals surface area contributed by atoms with Gasteiger partial charge in [-0.05, 0) is 71.9 Å². The number of carboxylic acids is 1. The molecule has 1 unspecified atom stereocenters. The fourth-order valence-electron chi connectivity index (χ4n) is 5.90. The van der Waals surface area contributed by atoms with Crippen LogP contribution < -0.4 is 4.74 Å². The molecule has 10 heteroatoms. The van der Waals surface area contributed by atoms with Crippen molar-refractivity contribution < 1.29 is 28.2 Å². The normalized spacial score (nSPS) is 17.1. The highest BCUT2D eigenvalue weighted by molar-refractivity contribution is 7.99. The molecule has 46 heavy (non-hydrogen) atoms. The first-order valence-electron chi connectivity index (χ1n) is 15.4. The zero-order valence-electron chi connectivity index (χ0n) is 26.1. The highest BCUT2D eigenvalue weighted by Crippen LogP contribution is 2.38. The highest BCUT2D eigenvalue weighted by atomic mass is 32.2. The van der Waals surface area contributed by atoms with Gasteiger partial charge in [-0.2, -0.15) is 16.9 Å². The predicted octanol–water partition coefficient (Wildman–Crippen LogP) is 8.35. The first kappa shape index (κ1) is 31.8. The number of aromatic nitrogens is 3. The number of carboxylic acid groups (broad SMARTS) is 1. The van der Waals surface area contributed by atoms with Crippen LogP contribution in [-0.2, 0) is 22.4 Å². The number of nitrogens with zero attached hydrogens (tertiary/aromatic N) is 2. The standard InChI is InChI=1S/C36H37F2N3O4S/c1-22-18-41-32(24-6-4-5-23(15-24)7-10-33(42)43)19-44-20-36(2,3)21-46-14-12-27-26-11-13-39-31(26)17-30(38)35(27)45-25-8-9-29(37)28(16-25)34(22)40-41/h4-6,8-9,11,13,15-18,32,39H,7,10,12,14,19-21H2,1-3H3,(H,42,43). The molecule has 0 saturated heterocycles. The molecule has 0 radical (unpaired) electrons. The quantitative estimate of drug-likeness (QED) is 0.204. The average molecular weight is 646 g/mol. The van der Waals surface area contributed by atoms with Gasteiger partial charge in [0.05, 0.1) is 18.9 Å². The van der Waals surface area contributed by atoms with Crippen LogP contribution in [0.5, 0.6) is 11.5 Å². The van der Waals surface area contributed by atoms with Crippen molar-refractivity contribution in [3.8, 4) is 22.8 Å². The van der Waals surface area contributed by atoms with Gasteiger partial charge in [-0.15, -0.1) is 0 Å². The van der Waals surface area contributed by atoms with E-state index in [0.717, 1.165) is 39.1 Å². The lowest BCUT2D eigenvalue weighted by Crippen LogP contribution is -2.26. The van der Waals surface area contributed by atoms with E-state index in [9.17, 15) is 9.90 Å². The first-order chi connectivity index (χ1) is 22.1. The van der Waals surface area contributed by atoms with E-state index in [1.54, 1.807) is 28.7 Å². The summed E-state index contributed by atoms with van der Waals surface area (Å²) in [4.78, 5) is 14.3. The van der Waals surface area contributed by atoms with E-state index in [-0.39, 0.29) is 29.2 Å². The van der Waals surface area contributed by atoms with Gasteiger partial charge >= 0.3 is 5.97 Å². The molecule has 1 aliphatic rings. The van der Waals surface area contributed by atoms with Crippen molar-refractivity contribution in [3.63, 3.8) is 0 Å². The van der Waals surface area contributed by atoms with Gasteiger partial charge < -0.3 is 19.6 Å². The third-order valence-corrected chi connectivity index (χ3v) is 9.71.